The Morgan fingerprint density at radius 2 is 1.89 bits per heavy atom. The molecule has 3 heterocycles. The maximum Gasteiger partial charge on any atom is 0.246 e. The van der Waals surface area contributed by atoms with Gasteiger partial charge in [-0.3, -0.25) is 19.3 Å². The lowest BCUT2D eigenvalue weighted by atomic mass is 9.73. The van der Waals surface area contributed by atoms with Gasteiger partial charge in [0.15, 0.2) is 0 Å². The highest BCUT2D eigenvalue weighted by Crippen LogP contribution is 2.55. The van der Waals surface area contributed by atoms with E-state index in [0.29, 0.717) is 35.5 Å². The highest BCUT2D eigenvalue weighted by Gasteiger charge is 2.72. The first-order chi connectivity index (χ1) is 21.7. The minimum Gasteiger partial charge on any atom is -0.359 e. The normalized spacial score (nSPS) is 31.8. The molecule has 240 valence electrons. The molecule has 8 atom stereocenters. The molecule has 8 nitrogen and oxygen atoms in total. The molecule has 0 radical (unpaired) electrons. The Hall–Kier alpha value is -3.20. The maximum absolute atomic E-state index is 14.4. The Balaban J connectivity index is 1.24. The second-order valence-electron chi connectivity index (χ2n) is 13.3. The van der Waals surface area contributed by atoms with E-state index in [1.54, 1.807) is 29.2 Å². The first-order valence-corrected chi connectivity index (χ1v) is 16.9. The van der Waals surface area contributed by atoms with Crippen LogP contribution >= 0.6 is 11.6 Å². The molecule has 3 aliphatic heterocycles. The summed E-state index contributed by atoms with van der Waals surface area (Å²) in [6.45, 7) is 9.45. The van der Waals surface area contributed by atoms with Crippen LogP contribution in [0.2, 0.25) is 5.02 Å². The molecular formula is C36H45ClN4O4. The van der Waals surface area contributed by atoms with Crippen LogP contribution in [0.15, 0.2) is 66.7 Å². The van der Waals surface area contributed by atoms with E-state index in [-0.39, 0.29) is 23.8 Å². The lowest BCUT2D eigenvalue weighted by Crippen LogP contribution is -2.58. The second kappa shape index (κ2) is 13.3. The Kier molecular flexibility index (Phi) is 9.37. The maximum atomic E-state index is 14.4. The molecule has 3 amide bonds. The smallest absolute Gasteiger partial charge is 0.246 e. The summed E-state index contributed by atoms with van der Waals surface area (Å²) in [7, 11) is 0. The Morgan fingerprint density at radius 3 is 2.64 bits per heavy atom. The topological polar surface area (TPSA) is 91.0 Å². The highest BCUT2D eigenvalue weighted by molar-refractivity contribution is 6.30. The molecule has 2 aromatic rings. The van der Waals surface area contributed by atoms with Gasteiger partial charge in [0.25, 0.3) is 0 Å². The summed E-state index contributed by atoms with van der Waals surface area (Å²) in [5, 5.41) is 6.80. The fraction of sp³-hybridized carbons (Fsp3) is 0.528. The Morgan fingerprint density at radius 1 is 1.09 bits per heavy atom. The van der Waals surface area contributed by atoms with Crippen molar-refractivity contribution in [2.75, 3.05) is 25.0 Å². The number of carbonyl (C=O) groups excluding carboxylic acids is 3. The van der Waals surface area contributed by atoms with Gasteiger partial charge in [-0.25, -0.2) is 0 Å². The van der Waals surface area contributed by atoms with Crippen LogP contribution in [-0.2, 0) is 25.7 Å². The van der Waals surface area contributed by atoms with Gasteiger partial charge in [0.05, 0.1) is 17.9 Å². The number of ether oxygens (including phenoxy) is 1. The number of nitrogens with one attached hydrogen (secondary N) is 2. The SMILES string of the molecule is CCN(CCCN1C(=O)[C@H]2C(C(=O)Nc3cccc(Cl)c3)[C@H]3C=CC2(O3)C1C(=O)NC1CCCC(C)C1C)Cc1ccccc1. The lowest BCUT2D eigenvalue weighted by molar-refractivity contribution is -0.141. The largest absolute Gasteiger partial charge is 0.359 e. The molecule has 0 aromatic heterocycles. The van der Waals surface area contributed by atoms with Crippen molar-refractivity contribution in [3.8, 4) is 0 Å². The van der Waals surface area contributed by atoms with Crippen LogP contribution in [0.4, 0.5) is 5.69 Å². The van der Waals surface area contributed by atoms with E-state index < -0.39 is 29.6 Å². The summed E-state index contributed by atoms with van der Waals surface area (Å²) >= 11 is 6.17. The van der Waals surface area contributed by atoms with Gasteiger partial charge in [-0.2, -0.15) is 0 Å². The zero-order valence-electron chi connectivity index (χ0n) is 26.5. The van der Waals surface area contributed by atoms with Crippen molar-refractivity contribution in [3.05, 3.63) is 77.3 Å². The van der Waals surface area contributed by atoms with Crippen molar-refractivity contribution < 1.29 is 19.1 Å². The number of fused-ring (bicyclic) bond motifs is 1. The number of carbonyl (C=O) groups is 3. The van der Waals surface area contributed by atoms with E-state index in [2.05, 4.69) is 48.4 Å². The van der Waals surface area contributed by atoms with Crippen molar-refractivity contribution in [2.24, 2.45) is 23.7 Å². The van der Waals surface area contributed by atoms with Gasteiger partial charge in [0.1, 0.15) is 11.6 Å². The van der Waals surface area contributed by atoms with Crippen molar-refractivity contribution >= 4 is 35.0 Å². The highest BCUT2D eigenvalue weighted by atomic mass is 35.5. The molecule has 45 heavy (non-hydrogen) atoms. The van der Waals surface area contributed by atoms with Gasteiger partial charge < -0.3 is 20.3 Å². The number of anilines is 1. The fourth-order valence-electron chi connectivity index (χ4n) is 8.00. The summed E-state index contributed by atoms with van der Waals surface area (Å²) in [6, 6.07) is 16.5. The van der Waals surface area contributed by atoms with Crippen LogP contribution < -0.4 is 10.6 Å². The number of hydrogen-bond donors (Lipinski definition) is 2. The predicted molar refractivity (Wildman–Crippen MR) is 175 cm³/mol. The first-order valence-electron chi connectivity index (χ1n) is 16.5. The van der Waals surface area contributed by atoms with Crippen molar-refractivity contribution in [2.45, 2.75) is 76.8 Å². The minimum atomic E-state index is -1.18. The summed E-state index contributed by atoms with van der Waals surface area (Å²) in [5.74, 6) is -1.36. The molecular weight excluding hydrogens is 588 g/mol. The molecule has 3 fully saturated rings. The van der Waals surface area contributed by atoms with E-state index in [9.17, 15) is 14.4 Å². The molecule has 2 N–H and O–H groups in total. The summed E-state index contributed by atoms with van der Waals surface area (Å²) in [6.07, 6.45) is 7.00. The number of halogens is 1. The molecule has 1 aliphatic carbocycles. The monoisotopic (exact) mass is 632 g/mol. The molecule has 1 saturated carbocycles. The van der Waals surface area contributed by atoms with Crippen LogP contribution in [0, 0.1) is 23.7 Å². The summed E-state index contributed by atoms with van der Waals surface area (Å²) < 4.78 is 6.55. The molecule has 9 heteroatoms. The third-order valence-electron chi connectivity index (χ3n) is 10.6. The number of nitrogens with zero attached hydrogens (tertiary/aromatic N) is 2. The van der Waals surface area contributed by atoms with E-state index in [1.165, 1.54) is 5.56 Å². The van der Waals surface area contributed by atoms with Crippen LogP contribution in [0.5, 0.6) is 0 Å². The predicted octanol–water partition coefficient (Wildman–Crippen LogP) is 5.28. The zero-order valence-corrected chi connectivity index (χ0v) is 27.2. The Labute approximate surface area is 271 Å². The lowest BCUT2D eigenvalue weighted by Gasteiger charge is -2.38. The average molecular weight is 633 g/mol. The minimum absolute atomic E-state index is 0.0413. The number of hydrogen-bond acceptors (Lipinski definition) is 5. The van der Waals surface area contributed by atoms with E-state index >= 15 is 0 Å². The third kappa shape index (κ3) is 6.17. The van der Waals surface area contributed by atoms with Crippen LogP contribution in [0.25, 0.3) is 0 Å². The van der Waals surface area contributed by atoms with E-state index in [1.807, 2.05) is 30.4 Å². The number of likely N-dealkylation sites (tertiary alicyclic amines) is 1. The zero-order chi connectivity index (χ0) is 31.7. The second-order valence-corrected chi connectivity index (χ2v) is 13.8. The molecule has 6 rings (SSSR count). The molecule has 4 aliphatic rings. The van der Waals surface area contributed by atoms with Crippen LogP contribution in [0.1, 0.15) is 52.0 Å². The van der Waals surface area contributed by atoms with Gasteiger partial charge in [0, 0.05) is 36.4 Å². The molecule has 2 saturated heterocycles. The number of benzene rings is 2. The van der Waals surface area contributed by atoms with Gasteiger partial charge in [0.2, 0.25) is 17.7 Å². The van der Waals surface area contributed by atoms with E-state index in [0.717, 1.165) is 38.9 Å². The third-order valence-corrected chi connectivity index (χ3v) is 10.9. The molecule has 2 bridgehead atoms. The molecule has 6 unspecified atom stereocenters. The molecule has 2 aromatic carbocycles. The van der Waals surface area contributed by atoms with Gasteiger partial charge in [-0.1, -0.05) is 93.8 Å². The molecule has 1 spiro atoms. The van der Waals surface area contributed by atoms with Gasteiger partial charge in [-0.15, -0.1) is 0 Å². The Bertz CT molecular complexity index is 1440. The van der Waals surface area contributed by atoms with Crippen molar-refractivity contribution in [1.82, 2.24) is 15.1 Å². The van der Waals surface area contributed by atoms with Crippen LogP contribution in [0.3, 0.4) is 0 Å². The van der Waals surface area contributed by atoms with E-state index in [4.69, 9.17) is 16.3 Å². The van der Waals surface area contributed by atoms with Gasteiger partial charge in [-0.05, 0) is 55.0 Å². The van der Waals surface area contributed by atoms with Crippen molar-refractivity contribution in [1.29, 1.82) is 0 Å². The van der Waals surface area contributed by atoms with Gasteiger partial charge >= 0.3 is 0 Å². The summed E-state index contributed by atoms with van der Waals surface area (Å²) in [5.41, 5.74) is 0.616. The van der Waals surface area contributed by atoms with Crippen molar-refractivity contribution in [3.63, 3.8) is 0 Å². The number of rotatable bonds is 11. The average Bonchev–Trinajstić information content (AvgIpc) is 3.67. The quantitative estimate of drug-likeness (QED) is 0.329. The standard InChI is InChI=1S/C36H45ClN4O4/c1-4-40(22-25-12-6-5-7-13-25)19-10-20-41-32(34(43)39-28-16-8-11-23(2)24(28)3)36-18-17-29(45-36)30(31(36)35(41)44)33(42)38-27-15-9-14-26(37)21-27/h5-7,9,12-15,17-18,21,23-24,28-32H,4,8,10-11,16,19-20,22H2,1-3H3,(H,38,42)(H,39,43)/t23?,24?,28?,29-,30?,31-,32?,36?/m1/s1. The number of amides is 3. The summed E-state index contributed by atoms with van der Waals surface area (Å²) in [4.78, 5) is 46.5. The van der Waals surface area contributed by atoms with Crippen LogP contribution in [-0.4, -0.2) is 70.9 Å². The fourth-order valence-corrected chi connectivity index (χ4v) is 8.19. The first kappa shape index (κ1) is 31.8.